The lowest BCUT2D eigenvalue weighted by atomic mass is 10.2. The quantitative estimate of drug-likeness (QED) is 0.879. The lowest BCUT2D eigenvalue weighted by molar-refractivity contribution is 0.0900. The second-order valence-electron chi connectivity index (χ2n) is 4.77. The Labute approximate surface area is 118 Å². The van der Waals surface area contributed by atoms with E-state index in [1.165, 1.54) is 6.26 Å². The average molecular weight is 276 g/mol. The highest BCUT2D eigenvalue weighted by Crippen LogP contribution is 2.16. The summed E-state index contributed by atoms with van der Waals surface area (Å²) in [4.78, 5) is 12.2. The van der Waals surface area contributed by atoms with Crippen LogP contribution in [0.1, 0.15) is 40.5 Å². The van der Waals surface area contributed by atoms with Crippen LogP contribution >= 0.6 is 0 Å². The Balaban J connectivity index is 2.02. The molecular weight excluding hydrogens is 256 g/mol. The standard InChI is InChI=1S/C15H20N2O3/c1-4-17-10(2)8-12(11(17)3)15(19)16-9-13(18)14-6-5-7-20-14/h5-8,13,18H,4,9H2,1-3H3,(H,16,19). The molecule has 0 saturated heterocycles. The summed E-state index contributed by atoms with van der Waals surface area (Å²) in [5, 5.41) is 12.6. The first-order chi connectivity index (χ1) is 9.54. The van der Waals surface area contributed by atoms with E-state index in [4.69, 9.17) is 4.42 Å². The summed E-state index contributed by atoms with van der Waals surface area (Å²) in [7, 11) is 0. The molecule has 108 valence electrons. The zero-order valence-electron chi connectivity index (χ0n) is 12.0. The summed E-state index contributed by atoms with van der Waals surface area (Å²) in [6, 6.07) is 5.25. The second kappa shape index (κ2) is 5.96. The number of carbonyl (C=O) groups excluding carboxylic acids is 1. The molecule has 0 aliphatic carbocycles. The van der Waals surface area contributed by atoms with Crippen molar-refractivity contribution in [2.45, 2.75) is 33.4 Å². The smallest absolute Gasteiger partial charge is 0.253 e. The highest BCUT2D eigenvalue weighted by atomic mass is 16.4. The van der Waals surface area contributed by atoms with Gasteiger partial charge in [0, 0.05) is 17.9 Å². The van der Waals surface area contributed by atoms with Gasteiger partial charge in [-0.05, 0) is 39.0 Å². The molecule has 0 spiro atoms. The Morgan fingerprint density at radius 3 is 2.80 bits per heavy atom. The van der Waals surface area contributed by atoms with Crippen molar-refractivity contribution in [2.75, 3.05) is 6.54 Å². The SMILES string of the molecule is CCn1c(C)cc(C(=O)NCC(O)c2ccco2)c1C. The second-order valence-corrected chi connectivity index (χ2v) is 4.77. The Morgan fingerprint density at radius 1 is 1.50 bits per heavy atom. The van der Waals surface area contributed by atoms with E-state index in [9.17, 15) is 9.90 Å². The van der Waals surface area contributed by atoms with E-state index in [-0.39, 0.29) is 12.5 Å². The van der Waals surface area contributed by atoms with E-state index in [0.29, 0.717) is 11.3 Å². The number of nitrogens with one attached hydrogen (secondary N) is 1. The Bertz CT molecular complexity index is 585. The summed E-state index contributed by atoms with van der Waals surface area (Å²) in [6.07, 6.45) is 0.665. The predicted molar refractivity (Wildman–Crippen MR) is 75.6 cm³/mol. The molecule has 2 rings (SSSR count). The van der Waals surface area contributed by atoms with Gasteiger partial charge in [-0.25, -0.2) is 0 Å². The molecule has 0 aromatic carbocycles. The molecule has 0 aliphatic rings. The average Bonchev–Trinajstić information content (AvgIpc) is 3.04. The maximum Gasteiger partial charge on any atom is 0.253 e. The third kappa shape index (κ3) is 2.77. The molecule has 0 radical (unpaired) electrons. The summed E-state index contributed by atoms with van der Waals surface area (Å²) in [5.41, 5.74) is 2.65. The van der Waals surface area contributed by atoms with E-state index in [2.05, 4.69) is 9.88 Å². The maximum absolute atomic E-state index is 12.2. The third-order valence-corrected chi connectivity index (χ3v) is 3.46. The van der Waals surface area contributed by atoms with Gasteiger partial charge in [0.15, 0.2) is 0 Å². The fraction of sp³-hybridized carbons (Fsp3) is 0.400. The predicted octanol–water partition coefficient (Wildman–Crippen LogP) is 2.18. The van der Waals surface area contributed by atoms with Crippen LogP contribution in [0.2, 0.25) is 0 Å². The summed E-state index contributed by atoms with van der Waals surface area (Å²) >= 11 is 0. The molecule has 0 bridgehead atoms. The number of aliphatic hydroxyl groups excluding tert-OH is 1. The minimum Gasteiger partial charge on any atom is -0.467 e. The van der Waals surface area contributed by atoms with Crippen molar-refractivity contribution in [3.05, 3.63) is 47.2 Å². The number of amides is 1. The van der Waals surface area contributed by atoms with Gasteiger partial charge in [0.25, 0.3) is 5.91 Å². The van der Waals surface area contributed by atoms with Gasteiger partial charge in [-0.15, -0.1) is 0 Å². The van der Waals surface area contributed by atoms with Crippen molar-refractivity contribution >= 4 is 5.91 Å². The minimum atomic E-state index is -0.830. The van der Waals surface area contributed by atoms with Gasteiger partial charge in [0.2, 0.25) is 0 Å². The van der Waals surface area contributed by atoms with Gasteiger partial charge in [-0.1, -0.05) is 0 Å². The highest BCUT2D eigenvalue weighted by molar-refractivity contribution is 5.95. The van der Waals surface area contributed by atoms with Crippen molar-refractivity contribution in [3.63, 3.8) is 0 Å². The van der Waals surface area contributed by atoms with Crippen molar-refractivity contribution in [2.24, 2.45) is 0 Å². The minimum absolute atomic E-state index is 0.127. The molecule has 2 aromatic rings. The number of hydrogen-bond acceptors (Lipinski definition) is 3. The van der Waals surface area contributed by atoms with Gasteiger partial charge >= 0.3 is 0 Å². The van der Waals surface area contributed by atoms with E-state index in [1.807, 2.05) is 26.8 Å². The van der Waals surface area contributed by atoms with Crippen LogP contribution in [0.4, 0.5) is 0 Å². The topological polar surface area (TPSA) is 67.4 Å². The van der Waals surface area contributed by atoms with Gasteiger partial charge < -0.3 is 19.4 Å². The van der Waals surface area contributed by atoms with Crippen molar-refractivity contribution in [3.8, 4) is 0 Å². The lowest BCUT2D eigenvalue weighted by Crippen LogP contribution is -2.28. The molecule has 1 atom stereocenters. The number of nitrogens with zero attached hydrogens (tertiary/aromatic N) is 1. The molecule has 5 nitrogen and oxygen atoms in total. The number of rotatable bonds is 5. The fourth-order valence-electron chi connectivity index (χ4n) is 2.38. The van der Waals surface area contributed by atoms with E-state index in [1.54, 1.807) is 12.1 Å². The number of aliphatic hydroxyl groups is 1. The molecule has 1 amide bonds. The Kier molecular flexibility index (Phi) is 4.29. The van der Waals surface area contributed by atoms with Crippen LogP contribution in [-0.4, -0.2) is 22.1 Å². The van der Waals surface area contributed by atoms with Crippen molar-refractivity contribution < 1.29 is 14.3 Å². The number of carbonyl (C=O) groups is 1. The van der Waals surface area contributed by atoms with Crippen LogP contribution in [0.25, 0.3) is 0 Å². The number of furan rings is 1. The fourth-order valence-corrected chi connectivity index (χ4v) is 2.38. The van der Waals surface area contributed by atoms with E-state index < -0.39 is 6.10 Å². The zero-order chi connectivity index (χ0) is 14.7. The van der Waals surface area contributed by atoms with E-state index >= 15 is 0 Å². The molecule has 2 aromatic heterocycles. The molecule has 5 heteroatoms. The number of aryl methyl sites for hydroxylation is 1. The van der Waals surface area contributed by atoms with Crippen LogP contribution in [0.15, 0.2) is 28.9 Å². The largest absolute Gasteiger partial charge is 0.467 e. The molecule has 2 N–H and O–H groups in total. The lowest BCUT2D eigenvalue weighted by Gasteiger charge is -2.10. The first-order valence-corrected chi connectivity index (χ1v) is 6.71. The van der Waals surface area contributed by atoms with Crippen molar-refractivity contribution in [1.82, 2.24) is 9.88 Å². The van der Waals surface area contributed by atoms with Crippen LogP contribution in [0.5, 0.6) is 0 Å². The van der Waals surface area contributed by atoms with Gasteiger partial charge in [0.1, 0.15) is 11.9 Å². The zero-order valence-corrected chi connectivity index (χ0v) is 12.0. The molecule has 20 heavy (non-hydrogen) atoms. The molecule has 0 saturated carbocycles. The Hall–Kier alpha value is -2.01. The maximum atomic E-state index is 12.2. The number of aromatic nitrogens is 1. The molecule has 0 aliphatic heterocycles. The number of hydrogen-bond donors (Lipinski definition) is 2. The first kappa shape index (κ1) is 14.4. The normalized spacial score (nSPS) is 12.4. The third-order valence-electron chi connectivity index (χ3n) is 3.46. The van der Waals surface area contributed by atoms with Crippen LogP contribution in [0.3, 0.4) is 0 Å². The molecular formula is C15H20N2O3. The molecule has 0 fully saturated rings. The van der Waals surface area contributed by atoms with Gasteiger partial charge in [0.05, 0.1) is 18.4 Å². The summed E-state index contributed by atoms with van der Waals surface area (Å²) in [6.45, 7) is 6.91. The van der Waals surface area contributed by atoms with Gasteiger partial charge in [-0.3, -0.25) is 4.79 Å². The highest BCUT2D eigenvalue weighted by Gasteiger charge is 2.17. The summed E-state index contributed by atoms with van der Waals surface area (Å²) in [5.74, 6) is 0.271. The first-order valence-electron chi connectivity index (χ1n) is 6.71. The van der Waals surface area contributed by atoms with Crippen LogP contribution in [-0.2, 0) is 6.54 Å². The summed E-state index contributed by atoms with van der Waals surface area (Å²) < 4.78 is 7.17. The monoisotopic (exact) mass is 276 g/mol. The van der Waals surface area contributed by atoms with Crippen LogP contribution < -0.4 is 5.32 Å². The van der Waals surface area contributed by atoms with E-state index in [0.717, 1.165) is 17.9 Å². The van der Waals surface area contributed by atoms with Crippen LogP contribution in [0, 0.1) is 13.8 Å². The molecule has 2 heterocycles. The Morgan fingerprint density at radius 2 is 2.25 bits per heavy atom. The molecule has 1 unspecified atom stereocenters. The van der Waals surface area contributed by atoms with Crippen molar-refractivity contribution in [1.29, 1.82) is 0 Å². The van der Waals surface area contributed by atoms with Gasteiger partial charge in [-0.2, -0.15) is 0 Å².